The van der Waals surface area contributed by atoms with Crippen LogP contribution >= 0.6 is 0 Å². The lowest BCUT2D eigenvalue weighted by atomic mass is 9.90. The zero-order valence-corrected chi connectivity index (χ0v) is 12.4. The maximum atomic E-state index is 3.41. The van der Waals surface area contributed by atoms with E-state index in [1.807, 2.05) is 0 Å². The molecule has 0 saturated heterocycles. The van der Waals surface area contributed by atoms with Crippen molar-refractivity contribution in [3.8, 4) is 0 Å². The average Bonchev–Trinajstić information content (AvgIpc) is 2.87. The van der Waals surface area contributed by atoms with Crippen LogP contribution in [0.25, 0.3) is 10.9 Å². The molecule has 0 aliphatic rings. The number of hydrogen-bond acceptors (Lipinski definition) is 0. The monoisotopic (exact) mass is 257 g/mol. The molecule has 0 radical (unpaired) electrons. The number of hydrogen-bond donors (Lipinski definition) is 1. The Labute approximate surface area is 117 Å². The van der Waals surface area contributed by atoms with Gasteiger partial charge in [-0.1, -0.05) is 64.2 Å². The number of unbranched alkanes of at least 4 members (excludes halogenated alkanes) is 4. The fourth-order valence-corrected chi connectivity index (χ4v) is 3.01. The van der Waals surface area contributed by atoms with Crippen molar-refractivity contribution in [2.45, 2.75) is 64.7 Å². The number of para-hydroxylation sites is 1. The third-order valence-corrected chi connectivity index (χ3v) is 4.21. The molecule has 1 N–H and O–H groups in total. The van der Waals surface area contributed by atoms with Crippen LogP contribution in [0.4, 0.5) is 0 Å². The molecule has 1 aromatic carbocycles. The normalized spacial score (nSPS) is 12.9. The van der Waals surface area contributed by atoms with Crippen molar-refractivity contribution in [3.63, 3.8) is 0 Å². The molecule has 2 rings (SSSR count). The van der Waals surface area contributed by atoms with Gasteiger partial charge < -0.3 is 4.98 Å². The SMILES string of the molecule is CCCCCCCC(CC)c1c[nH]c2ccccc12. The number of rotatable bonds is 8. The zero-order chi connectivity index (χ0) is 13.5. The van der Waals surface area contributed by atoms with Crippen LogP contribution in [-0.4, -0.2) is 4.98 Å². The molecule has 1 nitrogen and oxygen atoms in total. The molecule has 1 atom stereocenters. The van der Waals surface area contributed by atoms with Crippen molar-refractivity contribution in [2.75, 3.05) is 0 Å². The molecule has 0 aliphatic heterocycles. The van der Waals surface area contributed by atoms with Crippen LogP contribution in [0.15, 0.2) is 30.5 Å². The minimum atomic E-state index is 0.720. The Morgan fingerprint density at radius 3 is 2.58 bits per heavy atom. The quantitative estimate of drug-likeness (QED) is 0.556. The van der Waals surface area contributed by atoms with Gasteiger partial charge in [0.15, 0.2) is 0 Å². The van der Waals surface area contributed by atoms with E-state index in [2.05, 4.69) is 49.3 Å². The summed E-state index contributed by atoms with van der Waals surface area (Å²) in [5.41, 5.74) is 2.80. The molecule has 1 aromatic heterocycles. The summed E-state index contributed by atoms with van der Waals surface area (Å²) in [5.74, 6) is 0.720. The van der Waals surface area contributed by atoms with Gasteiger partial charge in [-0.2, -0.15) is 0 Å². The zero-order valence-electron chi connectivity index (χ0n) is 12.4. The maximum absolute atomic E-state index is 3.41. The first-order chi connectivity index (χ1) is 9.36. The Bertz CT molecular complexity index is 483. The summed E-state index contributed by atoms with van der Waals surface area (Å²) in [5, 5.41) is 1.42. The van der Waals surface area contributed by atoms with Crippen molar-refractivity contribution in [1.82, 2.24) is 4.98 Å². The number of fused-ring (bicyclic) bond motifs is 1. The fourth-order valence-electron chi connectivity index (χ4n) is 3.01. The van der Waals surface area contributed by atoms with E-state index in [0.717, 1.165) is 5.92 Å². The van der Waals surface area contributed by atoms with Crippen molar-refractivity contribution < 1.29 is 0 Å². The predicted octanol–water partition coefficient (Wildman–Crippen LogP) is 6.02. The van der Waals surface area contributed by atoms with Gasteiger partial charge in [-0.3, -0.25) is 0 Å². The molecule has 0 fully saturated rings. The number of H-pyrrole nitrogens is 1. The molecule has 0 bridgehead atoms. The molecular weight excluding hydrogens is 230 g/mol. The number of aromatic amines is 1. The highest BCUT2D eigenvalue weighted by atomic mass is 14.7. The van der Waals surface area contributed by atoms with Crippen LogP contribution < -0.4 is 0 Å². The molecule has 0 saturated carbocycles. The summed E-state index contributed by atoms with van der Waals surface area (Å²) in [6.07, 6.45) is 11.7. The van der Waals surface area contributed by atoms with Crippen LogP contribution in [0.2, 0.25) is 0 Å². The largest absolute Gasteiger partial charge is 0.361 e. The van der Waals surface area contributed by atoms with Gasteiger partial charge in [0.05, 0.1) is 0 Å². The van der Waals surface area contributed by atoms with Crippen molar-refractivity contribution in [1.29, 1.82) is 0 Å². The summed E-state index contributed by atoms with van der Waals surface area (Å²) >= 11 is 0. The minimum absolute atomic E-state index is 0.720. The maximum Gasteiger partial charge on any atom is 0.0456 e. The molecule has 0 amide bonds. The standard InChI is InChI=1S/C18H27N/c1-3-5-6-7-8-11-15(4-2)17-14-19-18-13-10-9-12-16(17)18/h9-10,12-15,19H,3-8,11H2,1-2H3. The molecule has 104 valence electrons. The highest BCUT2D eigenvalue weighted by Gasteiger charge is 2.13. The van der Waals surface area contributed by atoms with Gasteiger partial charge in [0.25, 0.3) is 0 Å². The van der Waals surface area contributed by atoms with Crippen LogP contribution in [-0.2, 0) is 0 Å². The molecule has 1 heteroatoms. The summed E-state index contributed by atoms with van der Waals surface area (Å²) in [7, 11) is 0. The summed E-state index contributed by atoms with van der Waals surface area (Å²) in [4.78, 5) is 3.41. The van der Waals surface area contributed by atoms with Gasteiger partial charge in [-0.05, 0) is 30.4 Å². The summed E-state index contributed by atoms with van der Waals surface area (Å²) < 4.78 is 0. The lowest BCUT2D eigenvalue weighted by Crippen LogP contribution is -1.96. The van der Waals surface area contributed by atoms with Crippen molar-refractivity contribution in [2.24, 2.45) is 0 Å². The Hall–Kier alpha value is -1.24. The van der Waals surface area contributed by atoms with Crippen LogP contribution in [0.3, 0.4) is 0 Å². The topological polar surface area (TPSA) is 15.8 Å². The molecule has 0 spiro atoms. The van der Waals surface area contributed by atoms with Crippen LogP contribution in [0.5, 0.6) is 0 Å². The minimum Gasteiger partial charge on any atom is -0.361 e. The van der Waals surface area contributed by atoms with Crippen molar-refractivity contribution in [3.05, 3.63) is 36.0 Å². The first-order valence-electron chi connectivity index (χ1n) is 7.92. The Balaban J connectivity index is 1.97. The average molecular weight is 257 g/mol. The van der Waals surface area contributed by atoms with E-state index < -0.39 is 0 Å². The third-order valence-electron chi connectivity index (χ3n) is 4.21. The van der Waals surface area contributed by atoms with E-state index in [-0.39, 0.29) is 0 Å². The van der Waals surface area contributed by atoms with Crippen LogP contribution in [0, 0.1) is 0 Å². The fraction of sp³-hybridized carbons (Fsp3) is 0.556. The third kappa shape index (κ3) is 3.62. The molecule has 1 heterocycles. The summed E-state index contributed by atoms with van der Waals surface area (Å²) in [6.45, 7) is 4.60. The van der Waals surface area contributed by atoms with Gasteiger partial charge in [-0.15, -0.1) is 0 Å². The van der Waals surface area contributed by atoms with Gasteiger partial charge in [0.2, 0.25) is 0 Å². The number of aromatic nitrogens is 1. The second kappa shape index (κ2) is 7.37. The van der Waals surface area contributed by atoms with Crippen molar-refractivity contribution >= 4 is 10.9 Å². The van der Waals surface area contributed by atoms with Gasteiger partial charge in [0.1, 0.15) is 0 Å². The predicted molar refractivity (Wildman–Crippen MR) is 84.7 cm³/mol. The Morgan fingerprint density at radius 1 is 1.00 bits per heavy atom. The van der Waals surface area contributed by atoms with E-state index in [0.29, 0.717) is 0 Å². The van der Waals surface area contributed by atoms with E-state index in [4.69, 9.17) is 0 Å². The summed E-state index contributed by atoms with van der Waals surface area (Å²) in [6, 6.07) is 8.68. The second-order valence-corrected chi connectivity index (χ2v) is 5.60. The first-order valence-corrected chi connectivity index (χ1v) is 7.92. The van der Waals surface area contributed by atoms with Gasteiger partial charge in [0, 0.05) is 17.1 Å². The number of nitrogens with one attached hydrogen (secondary N) is 1. The van der Waals surface area contributed by atoms with E-state index in [1.165, 1.54) is 61.4 Å². The second-order valence-electron chi connectivity index (χ2n) is 5.60. The van der Waals surface area contributed by atoms with E-state index in [9.17, 15) is 0 Å². The van der Waals surface area contributed by atoms with E-state index in [1.54, 1.807) is 0 Å². The van der Waals surface area contributed by atoms with Crippen LogP contribution in [0.1, 0.15) is 70.3 Å². The molecular formula is C18H27N. The van der Waals surface area contributed by atoms with Gasteiger partial charge in [-0.25, -0.2) is 0 Å². The highest BCUT2D eigenvalue weighted by Crippen LogP contribution is 2.31. The lowest BCUT2D eigenvalue weighted by molar-refractivity contribution is 0.537. The molecule has 2 aromatic rings. The highest BCUT2D eigenvalue weighted by molar-refractivity contribution is 5.83. The molecule has 0 aliphatic carbocycles. The molecule has 19 heavy (non-hydrogen) atoms. The number of benzene rings is 1. The lowest BCUT2D eigenvalue weighted by Gasteiger charge is -2.14. The van der Waals surface area contributed by atoms with Gasteiger partial charge >= 0.3 is 0 Å². The first kappa shape index (κ1) is 14.2. The smallest absolute Gasteiger partial charge is 0.0456 e. The Morgan fingerprint density at radius 2 is 1.79 bits per heavy atom. The van der Waals surface area contributed by atoms with E-state index >= 15 is 0 Å². The Kier molecular flexibility index (Phi) is 5.50. The molecule has 1 unspecified atom stereocenters.